The predicted octanol–water partition coefficient (Wildman–Crippen LogP) is 4.35. The zero-order valence-corrected chi connectivity index (χ0v) is 11.6. The maximum Gasteiger partial charge on any atom is 0.416 e. The van der Waals surface area contributed by atoms with E-state index in [9.17, 15) is 13.2 Å². The zero-order valence-electron chi connectivity index (χ0n) is 11.6. The molecule has 0 fully saturated rings. The minimum atomic E-state index is -4.38. The number of nitrogens with two attached hydrogens (primary N) is 1. The molecule has 2 rings (SSSR count). The van der Waals surface area contributed by atoms with Crippen LogP contribution in [0.2, 0.25) is 0 Å². The van der Waals surface area contributed by atoms with Gasteiger partial charge in [0, 0.05) is 29.2 Å². The van der Waals surface area contributed by atoms with Gasteiger partial charge in [-0.25, -0.2) is 0 Å². The number of hydrogen-bond donors (Lipinski definition) is 2. The molecular formula is C15H15F3N2O. The van der Waals surface area contributed by atoms with Crippen molar-refractivity contribution in [3.05, 3.63) is 47.5 Å². The van der Waals surface area contributed by atoms with Crippen LogP contribution >= 0.6 is 0 Å². The lowest BCUT2D eigenvalue weighted by molar-refractivity contribution is -0.137. The standard InChI is InChI=1S/C15H15F3N2O/c1-9-3-4-10(15(16,17)18)5-14(9)20-12-6-11(19)7-13(8-12)21-2/h3-8,20H,19H2,1-2H3. The van der Waals surface area contributed by atoms with Gasteiger partial charge >= 0.3 is 6.18 Å². The van der Waals surface area contributed by atoms with Gasteiger partial charge in [-0.3, -0.25) is 0 Å². The molecule has 6 heteroatoms. The fraction of sp³-hybridized carbons (Fsp3) is 0.200. The number of aryl methyl sites for hydroxylation is 1. The molecule has 0 radical (unpaired) electrons. The topological polar surface area (TPSA) is 47.3 Å². The van der Waals surface area contributed by atoms with E-state index >= 15 is 0 Å². The first-order valence-corrected chi connectivity index (χ1v) is 6.19. The molecule has 0 aromatic heterocycles. The molecule has 0 amide bonds. The fourth-order valence-electron chi connectivity index (χ4n) is 1.90. The number of benzene rings is 2. The first-order chi connectivity index (χ1) is 9.79. The number of rotatable bonds is 3. The molecule has 2 aromatic carbocycles. The lowest BCUT2D eigenvalue weighted by Gasteiger charge is -2.14. The van der Waals surface area contributed by atoms with E-state index in [2.05, 4.69) is 5.32 Å². The van der Waals surface area contributed by atoms with Crippen molar-refractivity contribution in [3.63, 3.8) is 0 Å². The Kier molecular flexibility index (Phi) is 3.97. The first kappa shape index (κ1) is 15.0. The normalized spacial score (nSPS) is 11.3. The fourth-order valence-corrected chi connectivity index (χ4v) is 1.90. The van der Waals surface area contributed by atoms with E-state index in [4.69, 9.17) is 10.5 Å². The van der Waals surface area contributed by atoms with Crippen molar-refractivity contribution in [1.82, 2.24) is 0 Å². The van der Waals surface area contributed by atoms with Crippen molar-refractivity contribution in [2.75, 3.05) is 18.2 Å². The Hall–Kier alpha value is -2.37. The van der Waals surface area contributed by atoms with Crippen LogP contribution in [-0.4, -0.2) is 7.11 Å². The van der Waals surface area contributed by atoms with Gasteiger partial charge in [0.05, 0.1) is 12.7 Å². The van der Waals surface area contributed by atoms with Crippen LogP contribution in [0.1, 0.15) is 11.1 Å². The van der Waals surface area contributed by atoms with E-state index in [0.717, 1.165) is 12.1 Å². The molecule has 112 valence electrons. The minimum absolute atomic E-state index is 0.373. The molecule has 3 N–H and O–H groups in total. The number of nitrogens with one attached hydrogen (secondary N) is 1. The minimum Gasteiger partial charge on any atom is -0.497 e. The molecule has 0 unspecified atom stereocenters. The van der Waals surface area contributed by atoms with Crippen molar-refractivity contribution < 1.29 is 17.9 Å². The Morgan fingerprint density at radius 1 is 1.10 bits per heavy atom. The molecule has 0 atom stereocenters. The van der Waals surface area contributed by atoms with E-state index in [0.29, 0.717) is 28.4 Å². The molecule has 3 nitrogen and oxygen atoms in total. The molecule has 21 heavy (non-hydrogen) atoms. The van der Waals surface area contributed by atoms with E-state index in [1.165, 1.54) is 13.2 Å². The molecule has 0 heterocycles. The van der Waals surface area contributed by atoms with E-state index in [1.807, 2.05) is 0 Å². The summed E-state index contributed by atoms with van der Waals surface area (Å²) in [4.78, 5) is 0. The highest BCUT2D eigenvalue weighted by atomic mass is 19.4. The van der Waals surface area contributed by atoms with Crippen LogP contribution in [0, 0.1) is 6.92 Å². The largest absolute Gasteiger partial charge is 0.497 e. The number of anilines is 3. The third kappa shape index (κ3) is 3.59. The second-order valence-corrected chi connectivity index (χ2v) is 4.65. The smallest absolute Gasteiger partial charge is 0.416 e. The van der Waals surface area contributed by atoms with E-state index in [-0.39, 0.29) is 0 Å². The van der Waals surface area contributed by atoms with Gasteiger partial charge in [0.1, 0.15) is 5.75 Å². The molecule has 0 bridgehead atoms. The van der Waals surface area contributed by atoms with Crippen molar-refractivity contribution in [1.29, 1.82) is 0 Å². The SMILES string of the molecule is COc1cc(N)cc(Nc2cc(C(F)(F)F)ccc2C)c1. The number of ether oxygens (including phenoxy) is 1. The highest BCUT2D eigenvalue weighted by Gasteiger charge is 2.30. The van der Waals surface area contributed by atoms with Crippen molar-refractivity contribution in [3.8, 4) is 5.75 Å². The second-order valence-electron chi connectivity index (χ2n) is 4.65. The van der Waals surface area contributed by atoms with E-state index in [1.54, 1.807) is 25.1 Å². The Labute approximate surface area is 120 Å². The van der Waals surface area contributed by atoms with Gasteiger partial charge in [-0.15, -0.1) is 0 Å². The summed E-state index contributed by atoms with van der Waals surface area (Å²) < 4.78 is 43.3. The molecule has 0 saturated carbocycles. The van der Waals surface area contributed by atoms with Crippen LogP contribution in [0.15, 0.2) is 36.4 Å². The Morgan fingerprint density at radius 2 is 1.81 bits per heavy atom. The number of hydrogen-bond acceptors (Lipinski definition) is 3. The highest BCUT2D eigenvalue weighted by Crippen LogP contribution is 2.33. The van der Waals surface area contributed by atoms with Crippen LogP contribution in [0.5, 0.6) is 5.75 Å². The number of halogens is 3. The Morgan fingerprint density at radius 3 is 2.43 bits per heavy atom. The summed E-state index contributed by atoms with van der Waals surface area (Å²) in [7, 11) is 1.49. The van der Waals surface area contributed by atoms with Gasteiger partial charge in [0.15, 0.2) is 0 Å². The van der Waals surface area contributed by atoms with Gasteiger partial charge in [-0.2, -0.15) is 13.2 Å². The quantitative estimate of drug-likeness (QED) is 0.828. The van der Waals surface area contributed by atoms with Gasteiger partial charge in [0.2, 0.25) is 0 Å². The predicted molar refractivity (Wildman–Crippen MR) is 76.9 cm³/mol. The maximum atomic E-state index is 12.8. The summed E-state index contributed by atoms with van der Waals surface area (Å²) in [6.07, 6.45) is -4.38. The monoisotopic (exact) mass is 296 g/mol. The Bertz CT molecular complexity index is 654. The molecule has 2 aromatic rings. The number of nitrogen functional groups attached to an aromatic ring is 1. The van der Waals surface area contributed by atoms with Crippen LogP contribution < -0.4 is 15.8 Å². The molecule has 0 aliphatic carbocycles. The van der Waals surface area contributed by atoms with Crippen LogP contribution in [0.25, 0.3) is 0 Å². The third-order valence-corrected chi connectivity index (χ3v) is 3.01. The molecule has 0 aliphatic heterocycles. The van der Waals surface area contributed by atoms with Gasteiger partial charge < -0.3 is 15.8 Å². The highest BCUT2D eigenvalue weighted by molar-refractivity contribution is 5.68. The average Bonchev–Trinajstić information content (AvgIpc) is 2.39. The van der Waals surface area contributed by atoms with Crippen molar-refractivity contribution in [2.24, 2.45) is 0 Å². The van der Waals surface area contributed by atoms with Crippen LogP contribution in [0.3, 0.4) is 0 Å². The first-order valence-electron chi connectivity index (χ1n) is 6.19. The molecular weight excluding hydrogens is 281 g/mol. The summed E-state index contributed by atoms with van der Waals surface area (Å²) in [5.74, 6) is 0.530. The van der Waals surface area contributed by atoms with Crippen molar-refractivity contribution >= 4 is 17.1 Å². The summed E-state index contributed by atoms with van der Waals surface area (Å²) in [5, 5.41) is 2.94. The summed E-state index contributed by atoms with van der Waals surface area (Å²) in [6.45, 7) is 1.73. The van der Waals surface area contributed by atoms with Gasteiger partial charge in [-0.05, 0) is 30.7 Å². The summed E-state index contributed by atoms with van der Waals surface area (Å²) in [5.41, 5.74) is 7.12. The zero-order chi connectivity index (χ0) is 15.6. The molecule has 0 saturated heterocycles. The number of alkyl halides is 3. The van der Waals surface area contributed by atoms with E-state index < -0.39 is 11.7 Å². The molecule has 0 spiro atoms. The second kappa shape index (κ2) is 5.55. The lowest BCUT2D eigenvalue weighted by atomic mass is 10.1. The average molecular weight is 296 g/mol. The van der Waals surface area contributed by atoms with Crippen LogP contribution in [0.4, 0.5) is 30.2 Å². The number of methoxy groups -OCH3 is 1. The maximum absolute atomic E-state index is 12.8. The third-order valence-electron chi connectivity index (χ3n) is 3.01. The summed E-state index contributed by atoms with van der Waals surface area (Å²) in [6, 6.07) is 8.47. The van der Waals surface area contributed by atoms with Gasteiger partial charge in [-0.1, -0.05) is 6.07 Å². The van der Waals surface area contributed by atoms with Crippen LogP contribution in [-0.2, 0) is 6.18 Å². The summed E-state index contributed by atoms with van der Waals surface area (Å²) >= 11 is 0. The van der Waals surface area contributed by atoms with Crippen molar-refractivity contribution in [2.45, 2.75) is 13.1 Å². The molecule has 0 aliphatic rings. The van der Waals surface area contributed by atoms with Gasteiger partial charge in [0.25, 0.3) is 0 Å². The lowest BCUT2D eigenvalue weighted by Crippen LogP contribution is -2.06. The Balaban J connectivity index is 2.37.